The number of rotatable bonds is 6. The van der Waals surface area contributed by atoms with Crippen LogP contribution in [0.3, 0.4) is 0 Å². The zero-order chi connectivity index (χ0) is 26.1. The number of aromatic nitrogens is 5. The van der Waals surface area contributed by atoms with E-state index >= 15 is 0 Å². The summed E-state index contributed by atoms with van der Waals surface area (Å²) in [5.74, 6) is 1.76. The minimum atomic E-state index is -0.300. The summed E-state index contributed by atoms with van der Waals surface area (Å²) in [5.41, 5.74) is 4.95. The van der Waals surface area contributed by atoms with Gasteiger partial charge in [-0.25, -0.2) is 15.0 Å². The van der Waals surface area contributed by atoms with Gasteiger partial charge in [0.15, 0.2) is 11.5 Å². The minimum Gasteiger partial charge on any atom is -0.493 e. The van der Waals surface area contributed by atoms with Crippen LogP contribution < -0.4 is 14.8 Å². The van der Waals surface area contributed by atoms with E-state index < -0.39 is 0 Å². The smallest absolute Gasteiger partial charge is 0.257 e. The first-order chi connectivity index (χ1) is 17.9. The molecule has 0 saturated carbocycles. The lowest BCUT2D eigenvalue weighted by atomic mass is 10.0. The summed E-state index contributed by atoms with van der Waals surface area (Å²) in [5, 5.41) is 8.25. The van der Waals surface area contributed by atoms with E-state index in [9.17, 15) is 4.79 Å². The molecule has 1 amide bonds. The number of ether oxygens (including phenoxy) is 2. The zero-order valence-corrected chi connectivity index (χ0v) is 21.2. The fraction of sp³-hybridized carbons (Fsp3) is 0.179. The van der Waals surface area contributed by atoms with Crippen molar-refractivity contribution in [1.29, 1.82) is 0 Å². The molecule has 0 atom stereocenters. The number of benzene rings is 2. The van der Waals surface area contributed by atoms with Gasteiger partial charge in [-0.3, -0.25) is 4.79 Å². The molecule has 3 heterocycles. The molecule has 0 aliphatic carbocycles. The van der Waals surface area contributed by atoms with Crippen LogP contribution in [-0.4, -0.2) is 44.9 Å². The Morgan fingerprint density at radius 2 is 1.54 bits per heavy atom. The van der Waals surface area contributed by atoms with Gasteiger partial charge in [-0.05, 0) is 57.2 Å². The highest BCUT2D eigenvalue weighted by Gasteiger charge is 2.19. The van der Waals surface area contributed by atoms with Crippen molar-refractivity contribution in [3.63, 3.8) is 0 Å². The summed E-state index contributed by atoms with van der Waals surface area (Å²) in [6, 6.07) is 18.5. The lowest BCUT2D eigenvalue weighted by Crippen LogP contribution is -2.17. The number of pyridine rings is 1. The molecule has 2 aromatic carbocycles. The van der Waals surface area contributed by atoms with Crippen LogP contribution in [0.1, 0.15) is 27.4 Å². The lowest BCUT2D eigenvalue weighted by molar-refractivity contribution is 0.102. The summed E-state index contributed by atoms with van der Waals surface area (Å²) in [4.78, 5) is 27.5. The third kappa shape index (κ3) is 4.71. The molecule has 37 heavy (non-hydrogen) atoms. The number of hydrogen-bond acceptors (Lipinski definition) is 7. The van der Waals surface area contributed by atoms with Crippen LogP contribution in [0, 0.1) is 20.8 Å². The molecule has 0 radical (unpaired) electrons. The van der Waals surface area contributed by atoms with E-state index in [1.165, 1.54) is 0 Å². The molecular formula is C28H26N6O3. The van der Waals surface area contributed by atoms with E-state index in [-0.39, 0.29) is 5.91 Å². The number of anilines is 1. The maximum absolute atomic E-state index is 13.7. The number of aryl methyl sites for hydroxylation is 3. The Morgan fingerprint density at radius 1 is 0.811 bits per heavy atom. The Bertz CT molecular complexity index is 1620. The van der Waals surface area contributed by atoms with Crippen LogP contribution in [-0.2, 0) is 0 Å². The number of fused-ring (bicyclic) bond motifs is 1. The number of para-hydroxylation sites is 1. The van der Waals surface area contributed by atoms with Gasteiger partial charge in [0.1, 0.15) is 5.82 Å². The van der Waals surface area contributed by atoms with Crippen LogP contribution in [0.25, 0.3) is 28.1 Å². The largest absolute Gasteiger partial charge is 0.493 e. The number of carbonyl (C=O) groups is 1. The molecule has 9 heteroatoms. The summed E-state index contributed by atoms with van der Waals surface area (Å²) >= 11 is 0. The monoisotopic (exact) mass is 494 g/mol. The summed E-state index contributed by atoms with van der Waals surface area (Å²) < 4.78 is 12.4. The van der Waals surface area contributed by atoms with E-state index in [0.29, 0.717) is 40.0 Å². The van der Waals surface area contributed by atoms with E-state index in [1.54, 1.807) is 31.0 Å². The third-order valence-corrected chi connectivity index (χ3v) is 5.87. The van der Waals surface area contributed by atoms with E-state index in [2.05, 4.69) is 20.4 Å². The van der Waals surface area contributed by atoms with Gasteiger partial charge in [-0.15, -0.1) is 0 Å². The number of hydrogen-bond donors (Lipinski definition) is 1. The first-order valence-electron chi connectivity index (χ1n) is 11.7. The Hall–Kier alpha value is -4.79. The van der Waals surface area contributed by atoms with Crippen LogP contribution in [0.4, 0.5) is 5.82 Å². The highest BCUT2D eigenvalue weighted by molar-refractivity contribution is 6.13. The highest BCUT2D eigenvalue weighted by atomic mass is 16.5. The number of methoxy groups -OCH3 is 2. The molecule has 1 N–H and O–H groups in total. The lowest BCUT2D eigenvalue weighted by Gasteiger charge is -2.13. The highest BCUT2D eigenvalue weighted by Crippen LogP contribution is 2.33. The molecule has 0 aliphatic rings. The molecule has 0 aliphatic heterocycles. The Morgan fingerprint density at radius 3 is 2.27 bits per heavy atom. The van der Waals surface area contributed by atoms with Crippen molar-refractivity contribution in [1.82, 2.24) is 24.7 Å². The van der Waals surface area contributed by atoms with Gasteiger partial charge in [0, 0.05) is 28.4 Å². The van der Waals surface area contributed by atoms with Crippen molar-refractivity contribution in [2.45, 2.75) is 20.8 Å². The Kier molecular flexibility index (Phi) is 6.27. The number of carbonyl (C=O) groups excluding carboxylic acids is 1. The number of amides is 1. The standard InChI is InChI=1S/C28H26N6O3/c1-16-12-17(2)30-28(29-16)34-26(13-18(3)33-34)32-27(35)21-15-23(31-22-9-7-6-8-20(21)22)19-10-11-24(36-4)25(14-19)37-5/h6-15H,1-5H3,(H,32,35). The topological polar surface area (TPSA) is 104 Å². The second kappa shape index (κ2) is 9.69. The Labute approximate surface area is 214 Å². The number of nitrogens with one attached hydrogen (secondary N) is 1. The van der Waals surface area contributed by atoms with Gasteiger partial charge >= 0.3 is 0 Å². The van der Waals surface area contributed by atoms with Crippen LogP contribution in [0.5, 0.6) is 11.5 Å². The quantitative estimate of drug-likeness (QED) is 0.351. The second-order valence-corrected chi connectivity index (χ2v) is 8.63. The molecule has 0 fully saturated rings. The average molecular weight is 495 g/mol. The summed E-state index contributed by atoms with van der Waals surface area (Å²) in [6.07, 6.45) is 0. The first-order valence-corrected chi connectivity index (χ1v) is 11.7. The molecule has 5 rings (SSSR count). The van der Waals surface area contributed by atoms with Gasteiger partial charge in [-0.1, -0.05) is 18.2 Å². The fourth-order valence-corrected chi connectivity index (χ4v) is 4.23. The van der Waals surface area contributed by atoms with Crippen molar-refractivity contribution in [2.24, 2.45) is 0 Å². The molecule has 3 aromatic heterocycles. The normalized spacial score (nSPS) is 10.9. The van der Waals surface area contributed by atoms with E-state index in [0.717, 1.165) is 28.0 Å². The van der Waals surface area contributed by atoms with Gasteiger partial charge in [0.2, 0.25) is 0 Å². The SMILES string of the molecule is COc1ccc(-c2cc(C(=O)Nc3cc(C)nn3-c3nc(C)cc(C)n3)c3ccccc3n2)cc1OC. The van der Waals surface area contributed by atoms with Crippen molar-refractivity contribution in [2.75, 3.05) is 19.5 Å². The molecule has 0 unspecified atom stereocenters. The van der Waals surface area contributed by atoms with Crippen LogP contribution in [0.2, 0.25) is 0 Å². The van der Waals surface area contributed by atoms with Crippen LogP contribution >= 0.6 is 0 Å². The van der Waals surface area contributed by atoms with Crippen molar-refractivity contribution in [3.05, 3.63) is 83.3 Å². The molecule has 5 aromatic rings. The van der Waals surface area contributed by atoms with Gasteiger partial charge in [0.25, 0.3) is 11.9 Å². The molecule has 9 nitrogen and oxygen atoms in total. The molecule has 0 saturated heterocycles. The first kappa shape index (κ1) is 23.9. The molecule has 0 spiro atoms. The Balaban J connectivity index is 1.58. The van der Waals surface area contributed by atoms with Crippen molar-refractivity contribution < 1.29 is 14.3 Å². The molecule has 186 valence electrons. The number of nitrogens with zero attached hydrogens (tertiary/aromatic N) is 5. The van der Waals surface area contributed by atoms with E-state index in [4.69, 9.17) is 14.5 Å². The second-order valence-electron chi connectivity index (χ2n) is 8.63. The van der Waals surface area contributed by atoms with E-state index in [1.807, 2.05) is 69.3 Å². The maximum atomic E-state index is 13.7. The maximum Gasteiger partial charge on any atom is 0.257 e. The van der Waals surface area contributed by atoms with Crippen molar-refractivity contribution >= 4 is 22.6 Å². The van der Waals surface area contributed by atoms with Crippen molar-refractivity contribution in [3.8, 4) is 28.7 Å². The van der Waals surface area contributed by atoms with Gasteiger partial charge in [0.05, 0.1) is 36.7 Å². The molecular weight excluding hydrogens is 468 g/mol. The minimum absolute atomic E-state index is 0.300. The van der Waals surface area contributed by atoms with Crippen LogP contribution in [0.15, 0.2) is 60.7 Å². The predicted octanol–water partition coefficient (Wildman–Crippen LogP) is 5.07. The van der Waals surface area contributed by atoms with Gasteiger partial charge < -0.3 is 14.8 Å². The fourth-order valence-electron chi connectivity index (χ4n) is 4.23. The predicted molar refractivity (Wildman–Crippen MR) is 142 cm³/mol. The third-order valence-electron chi connectivity index (χ3n) is 5.87. The summed E-state index contributed by atoms with van der Waals surface area (Å²) in [7, 11) is 3.17. The molecule has 0 bridgehead atoms. The zero-order valence-electron chi connectivity index (χ0n) is 21.2. The summed E-state index contributed by atoms with van der Waals surface area (Å²) in [6.45, 7) is 5.64. The van der Waals surface area contributed by atoms with Gasteiger partial charge in [-0.2, -0.15) is 9.78 Å². The average Bonchev–Trinajstić information content (AvgIpc) is 3.26.